The normalized spacial score (nSPS) is 20.6. The van der Waals surface area contributed by atoms with E-state index in [0.29, 0.717) is 5.92 Å². The van der Waals surface area contributed by atoms with Crippen LogP contribution in [0.3, 0.4) is 0 Å². The molecule has 0 spiro atoms. The minimum absolute atomic E-state index is 0.686. The molecular formula is C19H38N4O2. The third-order valence-corrected chi connectivity index (χ3v) is 4.92. The van der Waals surface area contributed by atoms with E-state index >= 15 is 0 Å². The number of rotatable bonds is 10. The highest BCUT2D eigenvalue weighted by atomic mass is 16.5. The van der Waals surface area contributed by atoms with Crippen LogP contribution in [0.4, 0.5) is 0 Å². The zero-order valence-electron chi connectivity index (χ0n) is 16.1. The molecule has 0 radical (unpaired) electrons. The van der Waals surface area contributed by atoms with Crippen molar-refractivity contribution in [3.8, 4) is 0 Å². The summed E-state index contributed by atoms with van der Waals surface area (Å²) in [7, 11) is 0. The minimum atomic E-state index is 0.686. The number of nitrogens with zero attached hydrogens (tertiary/aromatic N) is 2. The Kier molecular flexibility index (Phi) is 10.9. The number of guanidine groups is 1. The van der Waals surface area contributed by atoms with Crippen LogP contribution in [0.1, 0.15) is 45.4 Å². The second kappa shape index (κ2) is 13.4. The van der Waals surface area contributed by atoms with Gasteiger partial charge in [-0.2, -0.15) is 0 Å². The van der Waals surface area contributed by atoms with Gasteiger partial charge in [-0.25, -0.2) is 0 Å². The Morgan fingerprint density at radius 1 is 1.16 bits per heavy atom. The molecule has 0 amide bonds. The molecule has 2 N–H and O–H groups in total. The van der Waals surface area contributed by atoms with E-state index in [0.717, 1.165) is 77.8 Å². The third-order valence-electron chi connectivity index (χ3n) is 4.92. The molecule has 6 nitrogen and oxygen atoms in total. The van der Waals surface area contributed by atoms with Crippen LogP contribution in [-0.4, -0.2) is 76.6 Å². The van der Waals surface area contributed by atoms with E-state index in [9.17, 15) is 0 Å². The molecule has 0 bridgehead atoms. The highest BCUT2D eigenvalue weighted by Crippen LogP contribution is 2.14. The van der Waals surface area contributed by atoms with Crippen LogP contribution < -0.4 is 10.6 Å². The average Bonchev–Trinajstić information content (AvgIpc) is 2.66. The molecule has 2 aliphatic heterocycles. The van der Waals surface area contributed by atoms with Crippen molar-refractivity contribution < 1.29 is 9.47 Å². The fourth-order valence-corrected chi connectivity index (χ4v) is 3.38. The van der Waals surface area contributed by atoms with Gasteiger partial charge in [-0.1, -0.05) is 6.42 Å². The quantitative estimate of drug-likeness (QED) is 0.356. The predicted octanol–water partition coefficient (Wildman–Crippen LogP) is 1.86. The molecule has 2 aliphatic rings. The maximum Gasteiger partial charge on any atom is 0.191 e. The van der Waals surface area contributed by atoms with Gasteiger partial charge in [0.2, 0.25) is 0 Å². The van der Waals surface area contributed by atoms with Crippen LogP contribution in [0.25, 0.3) is 0 Å². The molecule has 0 saturated carbocycles. The summed E-state index contributed by atoms with van der Waals surface area (Å²) in [5.74, 6) is 1.62. The Labute approximate surface area is 153 Å². The average molecular weight is 355 g/mol. The molecule has 0 aliphatic carbocycles. The Morgan fingerprint density at radius 3 is 2.72 bits per heavy atom. The lowest BCUT2D eigenvalue weighted by atomic mass is 10.0. The largest absolute Gasteiger partial charge is 0.381 e. The van der Waals surface area contributed by atoms with Crippen LogP contribution >= 0.6 is 0 Å². The summed E-state index contributed by atoms with van der Waals surface area (Å²) in [4.78, 5) is 7.20. The lowest BCUT2D eigenvalue weighted by Gasteiger charge is -2.26. The monoisotopic (exact) mass is 354 g/mol. The summed E-state index contributed by atoms with van der Waals surface area (Å²) in [6.45, 7) is 11.9. The maximum absolute atomic E-state index is 5.80. The molecule has 0 unspecified atom stereocenters. The molecule has 146 valence electrons. The first-order chi connectivity index (χ1) is 12.4. The number of piperidine rings is 1. The second-order valence-electron chi connectivity index (χ2n) is 7.07. The topological polar surface area (TPSA) is 58.1 Å². The van der Waals surface area contributed by atoms with Crippen molar-refractivity contribution in [2.45, 2.75) is 45.4 Å². The van der Waals surface area contributed by atoms with E-state index in [-0.39, 0.29) is 0 Å². The molecule has 25 heavy (non-hydrogen) atoms. The molecule has 2 heterocycles. The summed E-state index contributed by atoms with van der Waals surface area (Å²) in [5.41, 5.74) is 0. The lowest BCUT2D eigenvalue weighted by Crippen LogP contribution is -2.42. The number of likely N-dealkylation sites (tertiary alicyclic amines) is 1. The number of nitrogens with one attached hydrogen (secondary N) is 2. The van der Waals surface area contributed by atoms with Crippen molar-refractivity contribution in [2.75, 3.05) is 65.7 Å². The lowest BCUT2D eigenvalue weighted by molar-refractivity contribution is 0.0205. The second-order valence-corrected chi connectivity index (χ2v) is 7.07. The molecule has 0 aromatic carbocycles. The van der Waals surface area contributed by atoms with E-state index < -0.39 is 0 Å². The Hall–Kier alpha value is -0.850. The number of aliphatic imine (C=N–C) groups is 1. The molecule has 0 atom stereocenters. The fourth-order valence-electron chi connectivity index (χ4n) is 3.38. The molecule has 2 rings (SSSR count). The van der Waals surface area contributed by atoms with Gasteiger partial charge in [0.15, 0.2) is 5.96 Å². The Bertz CT molecular complexity index is 353. The van der Waals surface area contributed by atoms with Crippen LogP contribution in [-0.2, 0) is 9.47 Å². The van der Waals surface area contributed by atoms with Crippen molar-refractivity contribution >= 4 is 5.96 Å². The summed E-state index contributed by atoms with van der Waals surface area (Å²) in [6.07, 6.45) is 7.36. The first-order valence-corrected chi connectivity index (χ1v) is 10.3. The van der Waals surface area contributed by atoms with E-state index in [1.54, 1.807) is 0 Å². The first-order valence-electron chi connectivity index (χ1n) is 10.3. The SMILES string of the molecule is CCNC(=NCCCOCC1CCOCC1)NCCN1CCCCC1. The van der Waals surface area contributed by atoms with Gasteiger partial charge in [0.25, 0.3) is 0 Å². The Balaban J connectivity index is 1.51. The van der Waals surface area contributed by atoms with Gasteiger partial charge >= 0.3 is 0 Å². The molecular weight excluding hydrogens is 316 g/mol. The van der Waals surface area contributed by atoms with E-state index in [1.807, 2.05) is 0 Å². The highest BCUT2D eigenvalue weighted by Gasteiger charge is 2.13. The van der Waals surface area contributed by atoms with E-state index in [4.69, 9.17) is 9.47 Å². The summed E-state index contributed by atoms with van der Waals surface area (Å²) >= 11 is 0. The molecule has 0 aromatic rings. The van der Waals surface area contributed by atoms with Crippen LogP contribution in [0.5, 0.6) is 0 Å². The molecule has 2 fully saturated rings. The van der Waals surface area contributed by atoms with Gasteiger partial charge < -0.3 is 25.0 Å². The van der Waals surface area contributed by atoms with Gasteiger partial charge in [-0.05, 0) is 58.0 Å². The summed E-state index contributed by atoms with van der Waals surface area (Å²) in [5, 5.41) is 6.78. The van der Waals surface area contributed by atoms with Crippen molar-refractivity contribution in [3.05, 3.63) is 0 Å². The summed E-state index contributed by atoms with van der Waals surface area (Å²) < 4.78 is 11.2. The third kappa shape index (κ3) is 9.42. The zero-order valence-corrected chi connectivity index (χ0v) is 16.1. The van der Waals surface area contributed by atoms with Gasteiger partial charge in [0.05, 0.1) is 0 Å². The highest BCUT2D eigenvalue weighted by molar-refractivity contribution is 5.79. The smallest absolute Gasteiger partial charge is 0.191 e. The molecule has 0 aromatic heterocycles. The Morgan fingerprint density at radius 2 is 1.96 bits per heavy atom. The van der Waals surface area contributed by atoms with Crippen molar-refractivity contribution in [3.63, 3.8) is 0 Å². The summed E-state index contributed by atoms with van der Waals surface area (Å²) in [6, 6.07) is 0. The predicted molar refractivity (Wildman–Crippen MR) is 103 cm³/mol. The van der Waals surface area contributed by atoms with Crippen LogP contribution in [0.2, 0.25) is 0 Å². The van der Waals surface area contributed by atoms with E-state index in [2.05, 4.69) is 27.4 Å². The van der Waals surface area contributed by atoms with Crippen molar-refractivity contribution in [1.82, 2.24) is 15.5 Å². The molecule has 2 saturated heterocycles. The zero-order chi connectivity index (χ0) is 17.6. The fraction of sp³-hybridized carbons (Fsp3) is 0.947. The van der Waals surface area contributed by atoms with Gasteiger partial charge in [-0.3, -0.25) is 4.99 Å². The van der Waals surface area contributed by atoms with Crippen LogP contribution in [0, 0.1) is 5.92 Å². The van der Waals surface area contributed by atoms with Gasteiger partial charge in [0, 0.05) is 52.6 Å². The van der Waals surface area contributed by atoms with Gasteiger partial charge in [0.1, 0.15) is 0 Å². The van der Waals surface area contributed by atoms with Crippen molar-refractivity contribution in [2.24, 2.45) is 10.9 Å². The standard InChI is InChI=1S/C19H38N4O2/c1-2-20-19(22-10-13-23-11-4-3-5-12-23)21-9-6-14-25-17-18-7-15-24-16-8-18/h18H,2-17H2,1H3,(H2,20,21,22). The van der Waals surface area contributed by atoms with Crippen LogP contribution in [0.15, 0.2) is 4.99 Å². The van der Waals surface area contributed by atoms with E-state index in [1.165, 1.54) is 32.4 Å². The maximum atomic E-state index is 5.80. The molecule has 6 heteroatoms. The number of hydrogen-bond donors (Lipinski definition) is 2. The number of ether oxygens (including phenoxy) is 2. The number of hydrogen-bond acceptors (Lipinski definition) is 4. The minimum Gasteiger partial charge on any atom is -0.381 e. The first kappa shape index (κ1) is 20.5. The van der Waals surface area contributed by atoms with Gasteiger partial charge in [-0.15, -0.1) is 0 Å². The van der Waals surface area contributed by atoms with Crippen molar-refractivity contribution in [1.29, 1.82) is 0 Å².